The van der Waals surface area contributed by atoms with Crippen molar-refractivity contribution < 1.29 is 9.90 Å². The van der Waals surface area contributed by atoms with Gasteiger partial charge < -0.3 is 5.11 Å². The summed E-state index contributed by atoms with van der Waals surface area (Å²) in [5, 5.41) is 12.4. The quantitative estimate of drug-likeness (QED) is 0.576. The highest BCUT2D eigenvalue weighted by molar-refractivity contribution is 5.73. The number of likely N-dealkylation sites (N-methyl/N-ethyl adjacent to an activating group) is 1. The fraction of sp³-hybridized carbons (Fsp3) is 0.400. The summed E-state index contributed by atoms with van der Waals surface area (Å²) in [6.45, 7) is 0. The molecule has 0 aliphatic carbocycles. The van der Waals surface area contributed by atoms with Crippen molar-refractivity contribution in [3.8, 4) is 0 Å². The molecule has 1 rings (SSSR count). The molecule has 0 fully saturated rings. The van der Waals surface area contributed by atoms with E-state index in [4.69, 9.17) is 5.11 Å². The van der Waals surface area contributed by atoms with Crippen molar-refractivity contribution in [3.63, 3.8) is 0 Å². The van der Waals surface area contributed by atoms with E-state index >= 15 is 0 Å². The average Bonchev–Trinajstić information content (AvgIpc) is 2.30. The molecule has 1 aromatic heterocycles. The minimum Gasteiger partial charge on any atom is -0.480 e. The molecule has 0 spiro atoms. The number of carboxylic acid groups (broad SMARTS) is 1. The number of nitroso groups, excluding NO2 is 1. The smallest absolute Gasteiger partial charge is 0.328 e. The molecule has 6 heteroatoms. The second-order valence-electron chi connectivity index (χ2n) is 3.41. The number of hydrogen-bond donors (Lipinski definition) is 1. The van der Waals surface area contributed by atoms with Crippen LogP contribution in [0.15, 0.2) is 29.8 Å². The van der Waals surface area contributed by atoms with Gasteiger partial charge >= 0.3 is 5.97 Å². The zero-order chi connectivity index (χ0) is 12.0. The third-order valence-electron chi connectivity index (χ3n) is 2.29. The summed E-state index contributed by atoms with van der Waals surface area (Å²) < 4.78 is 0. The van der Waals surface area contributed by atoms with Gasteiger partial charge in [-0.15, -0.1) is 4.91 Å². The lowest BCUT2D eigenvalue weighted by Crippen LogP contribution is -2.35. The van der Waals surface area contributed by atoms with E-state index in [1.165, 1.54) is 7.05 Å². The van der Waals surface area contributed by atoms with Crippen molar-refractivity contribution in [3.05, 3.63) is 35.0 Å². The lowest BCUT2D eigenvalue weighted by molar-refractivity contribution is -0.143. The molecule has 1 aromatic rings. The summed E-state index contributed by atoms with van der Waals surface area (Å²) >= 11 is 0. The lowest BCUT2D eigenvalue weighted by atomic mass is 10.1. The molecular formula is C10H13N3O3. The molecule has 86 valence electrons. The van der Waals surface area contributed by atoms with Crippen molar-refractivity contribution in [1.82, 2.24) is 9.99 Å². The zero-order valence-electron chi connectivity index (χ0n) is 8.91. The van der Waals surface area contributed by atoms with Crippen molar-refractivity contribution in [2.45, 2.75) is 18.9 Å². The van der Waals surface area contributed by atoms with Crippen molar-refractivity contribution in [2.75, 3.05) is 7.05 Å². The number of pyridine rings is 1. The second-order valence-corrected chi connectivity index (χ2v) is 3.41. The van der Waals surface area contributed by atoms with Crippen LogP contribution < -0.4 is 0 Å². The van der Waals surface area contributed by atoms with Gasteiger partial charge in [-0.05, 0) is 24.5 Å². The molecule has 0 aromatic carbocycles. The summed E-state index contributed by atoms with van der Waals surface area (Å²) in [4.78, 5) is 25.1. The Labute approximate surface area is 92.9 Å². The highest BCUT2D eigenvalue weighted by Gasteiger charge is 2.22. The molecule has 0 radical (unpaired) electrons. The minimum atomic E-state index is -1.05. The maximum Gasteiger partial charge on any atom is 0.328 e. The third-order valence-corrected chi connectivity index (χ3v) is 2.29. The van der Waals surface area contributed by atoms with Crippen molar-refractivity contribution in [2.24, 2.45) is 5.29 Å². The second kappa shape index (κ2) is 5.79. The van der Waals surface area contributed by atoms with Gasteiger partial charge in [0.1, 0.15) is 6.04 Å². The van der Waals surface area contributed by atoms with Crippen LogP contribution in [-0.2, 0) is 11.2 Å². The topological polar surface area (TPSA) is 82.9 Å². The number of aliphatic carboxylic acids is 1. The van der Waals surface area contributed by atoms with Gasteiger partial charge in [0.25, 0.3) is 0 Å². The first kappa shape index (κ1) is 12.1. The number of hydrogen-bond acceptors (Lipinski definition) is 4. The summed E-state index contributed by atoms with van der Waals surface area (Å²) in [5.74, 6) is -1.05. The molecule has 0 amide bonds. The predicted octanol–water partition coefficient (Wildman–Crippen LogP) is 1.08. The number of carboxylic acids is 1. The highest BCUT2D eigenvalue weighted by Crippen LogP contribution is 2.08. The molecule has 0 aliphatic heterocycles. The summed E-state index contributed by atoms with van der Waals surface area (Å²) in [5.41, 5.74) is 0.938. The van der Waals surface area contributed by atoms with Crippen LogP contribution in [0.3, 0.4) is 0 Å². The Morgan fingerprint density at radius 3 is 2.94 bits per heavy atom. The van der Waals surface area contributed by atoms with E-state index in [1.807, 2.05) is 6.07 Å². The normalized spacial score (nSPS) is 11.8. The predicted molar refractivity (Wildman–Crippen MR) is 57.5 cm³/mol. The lowest BCUT2D eigenvalue weighted by Gasteiger charge is -2.18. The summed E-state index contributed by atoms with van der Waals surface area (Å²) in [7, 11) is 1.36. The Hall–Kier alpha value is -1.98. The molecule has 1 atom stereocenters. The van der Waals surface area contributed by atoms with Gasteiger partial charge in [-0.2, -0.15) is 0 Å². The molecule has 16 heavy (non-hydrogen) atoms. The Balaban J connectivity index is 2.57. The maximum absolute atomic E-state index is 10.9. The monoisotopic (exact) mass is 223 g/mol. The molecular weight excluding hydrogens is 210 g/mol. The molecule has 0 saturated heterocycles. The van der Waals surface area contributed by atoms with E-state index in [9.17, 15) is 9.70 Å². The first-order valence-electron chi connectivity index (χ1n) is 4.83. The molecule has 0 bridgehead atoms. The Kier molecular flexibility index (Phi) is 4.38. The van der Waals surface area contributed by atoms with Gasteiger partial charge in [-0.1, -0.05) is 6.07 Å². The van der Waals surface area contributed by atoms with Crippen molar-refractivity contribution >= 4 is 5.97 Å². The van der Waals surface area contributed by atoms with E-state index in [0.717, 1.165) is 10.6 Å². The highest BCUT2D eigenvalue weighted by atomic mass is 16.4. The van der Waals surface area contributed by atoms with E-state index in [-0.39, 0.29) is 0 Å². The van der Waals surface area contributed by atoms with E-state index < -0.39 is 12.0 Å². The van der Waals surface area contributed by atoms with Gasteiger partial charge in [0.2, 0.25) is 0 Å². The molecule has 0 aliphatic rings. The molecule has 1 N–H and O–H groups in total. The van der Waals surface area contributed by atoms with Crippen LogP contribution in [0.5, 0.6) is 0 Å². The van der Waals surface area contributed by atoms with Crippen LogP contribution in [-0.4, -0.2) is 34.2 Å². The molecule has 1 heterocycles. The standard InChI is InChI=1S/C10H13N3O3/c1-13(12-16)9(10(14)15)5-4-8-3-2-6-11-7-8/h2-3,6-7,9H,4-5H2,1H3,(H,14,15). The fourth-order valence-corrected chi connectivity index (χ4v) is 1.38. The average molecular weight is 223 g/mol. The number of aryl methyl sites for hydroxylation is 1. The van der Waals surface area contributed by atoms with Crippen LogP contribution in [0.25, 0.3) is 0 Å². The van der Waals surface area contributed by atoms with Gasteiger partial charge in [0.15, 0.2) is 0 Å². The zero-order valence-corrected chi connectivity index (χ0v) is 8.91. The molecule has 1 unspecified atom stereocenters. The minimum absolute atomic E-state index is 0.323. The van der Waals surface area contributed by atoms with Crippen LogP contribution in [0.1, 0.15) is 12.0 Å². The number of nitrogens with zero attached hydrogens (tertiary/aromatic N) is 3. The summed E-state index contributed by atoms with van der Waals surface area (Å²) in [6.07, 6.45) is 4.19. The van der Waals surface area contributed by atoms with Gasteiger partial charge in [-0.3, -0.25) is 4.98 Å². The van der Waals surface area contributed by atoms with Crippen LogP contribution in [0.2, 0.25) is 0 Å². The van der Waals surface area contributed by atoms with Gasteiger partial charge in [-0.25, -0.2) is 9.80 Å². The third kappa shape index (κ3) is 3.30. The SMILES string of the molecule is CN(N=O)C(CCc1cccnc1)C(=O)O. The van der Waals surface area contributed by atoms with Crippen LogP contribution >= 0.6 is 0 Å². The van der Waals surface area contributed by atoms with E-state index in [0.29, 0.717) is 12.8 Å². The van der Waals surface area contributed by atoms with E-state index in [2.05, 4.69) is 10.3 Å². The summed E-state index contributed by atoms with van der Waals surface area (Å²) in [6, 6.07) is 2.75. The Morgan fingerprint density at radius 2 is 2.44 bits per heavy atom. The Bertz CT molecular complexity index is 356. The molecule has 0 saturated carbocycles. The number of rotatable bonds is 6. The van der Waals surface area contributed by atoms with Crippen molar-refractivity contribution in [1.29, 1.82) is 0 Å². The van der Waals surface area contributed by atoms with Crippen LogP contribution in [0, 0.1) is 4.91 Å². The first-order valence-corrected chi connectivity index (χ1v) is 4.83. The Morgan fingerprint density at radius 1 is 1.69 bits per heavy atom. The number of carbonyl (C=O) groups is 1. The molecule has 6 nitrogen and oxygen atoms in total. The van der Waals surface area contributed by atoms with Crippen LogP contribution in [0.4, 0.5) is 0 Å². The number of aromatic nitrogens is 1. The van der Waals surface area contributed by atoms with Gasteiger partial charge in [0, 0.05) is 19.4 Å². The fourth-order valence-electron chi connectivity index (χ4n) is 1.38. The van der Waals surface area contributed by atoms with Gasteiger partial charge in [0.05, 0.1) is 5.29 Å². The maximum atomic E-state index is 10.9. The largest absolute Gasteiger partial charge is 0.480 e. The van der Waals surface area contributed by atoms with E-state index in [1.54, 1.807) is 18.5 Å². The first-order chi connectivity index (χ1) is 7.65.